The SMILES string of the molecule is COc1cc(Cl)nc(C(F)(F)F)n1. The Morgan fingerprint density at radius 1 is 1.38 bits per heavy atom. The summed E-state index contributed by atoms with van der Waals surface area (Å²) in [6, 6.07) is 1.09. The number of halogens is 4. The lowest BCUT2D eigenvalue weighted by molar-refractivity contribution is -0.145. The molecule has 0 saturated heterocycles. The van der Waals surface area contributed by atoms with Crippen molar-refractivity contribution < 1.29 is 17.9 Å². The molecule has 1 rings (SSSR count). The number of hydrogen-bond acceptors (Lipinski definition) is 3. The first-order valence-electron chi connectivity index (χ1n) is 3.09. The van der Waals surface area contributed by atoms with Crippen LogP contribution in [0, 0.1) is 0 Å². The summed E-state index contributed by atoms with van der Waals surface area (Å²) in [6.45, 7) is 0. The number of ether oxygens (including phenoxy) is 1. The zero-order valence-electron chi connectivity index (χ0n) is 6.39. The molecule has 0 atom stereocenters. The van der Waals surface area contributed by atoms with Crippen molar-refractivity contribution in [1.29, 1.82) is 0 Å². The predicted octanol–water partition coefficient (Wildman–Crippen LogP) is 2.16. The Morgan fingerprint density at radius 3 is 2.46 bits per heavy atom. The van der Waals surface area contributed by atoms with Crippen LogP contribution in [-0.2, 0) is 6.18 Å². The molecule has 13 heavy (non-hydrogen) atoms. The zero-order chi connectivity index (χ0) is 10.1. The van der Waals surface area contributed by atoms with Gasteiger partial charge in [-0.25, -0.2) is 4.98 Å². The van der Waals surface area contributed by atoms with Crippen molar-refractivity contribution in [1.82, 2.24) is 9.97 Å². The monoisotopic (exact) mass is 212 g/mol. The fraction of sp³-hybridized carbons (Fsp3) is 0.333. The average molecular weight is 213 g/mol. The maximum atomic E-state index is 12.0. The molecule has 0 aliphatic rings. The lowest BCUT2D eigenvalue weighted by Gasteiger charge is -2.06. The number of rotatable bonds is 1. The molecule has 1 aromatic rings. The lowest BCUT2D eigenvalue weighted by atomic mass is 10.5. The summed E-state index contributed by atoms with van der Waals surface area (Å²) in [7, 11) is 1.19. The van der Waals surface area contributed by atoms with Gasteiger partial charge in [0.25, 0.3) is 0 Å². The fourth-order valence-electron chi connectivity index (χ4n) is 0.628. The quantitative estimate of drug-likeness (QED) is 0.669. The van der Waals surface area contributed by atoms with E-state index in [0.717, 1.165) is 6.07 Å². The molecule has 0 aromatic carbocycles. The largest absolute Gasteiger partial charge is 0.481 e. The number of aromatic nitrogens is 2. The van der Waals surface area contributed by atoms with E-state index in [1.807, 2.05) is 0 Å². The summed E-state index contributed by atoms with van der Waals surface area (Å²) in [5.41, 5.74) is 0. The first kappa shape index (κ1) is 10.0. The third-order valence-electron chi connectivity index (χ3n) is 1.13. The topological polar surface area (TPSA) is 35.0 Å². The van der Waals surface area contributed by atoms with Gasteiger partial charge in [-0.2, -0.15) is 18.2 Å². The van der Waals surface area contributed by atoms with Crippen LogP contribution in [0.5, 0.6) is 5.88 Å². The molecular formula is C6H4ClF3N2O. The van der Waals surface area contributed by atoms with E-state index in [0.29, 0.717) is 0 Å². The molecule has 72 valence electrons. The van der Waals surface area contributed by atoms with Gasteiger partial charge in [0.1, 0.15) is 5.15 Å². The Balaban J connectivity index is 3.16. The standard InChI is InChI=1S/C6H4ClF3N2O/c1-13-4-2-3(7)11-5(12-4)6(8,9)10/h2H,1H3. The zero-order valence-corrected chi connectivity index (χ0v) is 7.15. The molecule has 0 N–H and O–H groups in total. The van der Waals surface area contributed by atoms with Gasteiger partial charge in [-0.1, -0.05) is 11.6 Å². The summed E-state index contributed by atoms with van der Waals surface area (Å²) in [5.74, 6) is -1.52. The Labute approximate surface area is 76.5 Å². The maximum absolute atomic E-state index is 12.0. The van der Waals surface area contributed by atoms with E-state index in [-0.39, 0.29) is 11.0 Å². The molecule has 0 fully saturated rings. The molecule has 0 aliphatic carbocycles. The summed E-state index contributed by atoms with van der Waals surface area (Å²) in [5, 5.41) is -0.306. The minimum absolute atomic E-state index is 0.215. The number of methoxy groups -OCH3 is 1. The van der Waals surface area contributed by atoms with Gasteiger partial charge >= 0.3 is 6.18 Å². The molecule has 0 radical (unpaired) electrons. The normalized spacial score (nSPS) is 11.5. The van der Waals surface area contributed by atoms with Gasteiger partial charge in [-0.05, 0) is 0 Å². The van der Waals surface area contributed by atoms with Gasteiger partial charge in [0, 0.05) is 6.07 Å². The highest BCUT2D eigenvalue weighted by molar-refractivity contribution is 6.29. The van der Waals surface area contributed by atoms with Gasteiger partial charge in [0.15, 0.2) is 0 Å². The number of nitrogens with zero attached hydrogens (tertiary/aromatic N) is 2. The van der Waals surface area contributed by atoms with E-state index in [1.165, 1.54) is 7.11 Å². The van der Waals surface area contributed by atoms with Crippen LogP contribution in [0.4, 0.5) is 13.2 Å². The first-order chi connectivity index (χ1) is 5.93. The fourth-order valence-corrected chi connectivity index (χ4v) is 0.802. The molecule has 7 heteroatoms. The van der Waals surface area contributed by atoms with E-state index in [1.54, 1.807) is 0 Å². The molecule has 0 amide bonds. The highest BCUT2D eigenvalue weighted by atomic mass is 35.5. The predicted molar refractivity (Wildman–Crippen MR) is 38.6 cm³/mol. The van der Waals surface area contributed by atoms with Gasteiger partial charge in [-0.15, -0.1) is 0 Å². The molecule has 1 heterocycles. The van der Waals surface area contributed by atoms with Crippen LogP contribution in [0.2, 0.25) is 5.15 Å². The molecular weight excluding hydrogens is 209 g/mol. The van der Waals surface area contributed by atoms with Crippen LogP contribution >= 0.6 is 11.6 Å². The summed E-state index contributed by atoms with van der Waals surface area (Å²) < 4.78 is 40.6. The molecule has 0 spiro atoms. The van der Waals surface area contributed by atoms with E-state index >= 15 is 0 Å². The van der Waals surface area contributed by atoms with Crippen molar-refractivity contribution in [3.63, 3.8) is 0 Å². The van der Waals surface area contributed by atoms with E-state index in [2.05, 4.69) is 14.7 Å². The Hall–Kier alpha value is -1.04. The summed E-state index contributed by atoms with van der Waals surface area (Å²) >= 11 is 5.30. The van der Waals surface area contributed by atoms with Crippen molar-refractivity contribution in [3.8, 4) is 5.88 Å². The van der Waals surface area contributed by atoms with E-state index in [4.69, 9.17) is 11.6 Å². The Bertz CT molecular complexity index is 315. The smallest absolute Gasteiger partial charge is 0.451 e. The molecule has 0 bridgehead atoms. The van der Waals surface area contributed by atoms with Crippen LogP contribution < -0.4 is 4.74 Å². The van der Waals surface area contributed by atoms with Crippen molar-refractivity contribution in [2.75, 3.05) is 7.11 Å². The Kier molecular flexibility index (Phi) is 2.60. The van der Waals surface area contributed by atoms with Crippen LogP contribution in [0.3, 0.4) is 0 Å². The van der Waals surface area contributed by atoms with Crippen molar-refractivity contribution in [2.24, 2.45) is 0 Å². The highest BCUT2D eigenvalue weighted by Gasteiger charge is 2.35. The van der Waals surface area contributed by atoms with Crippen LogP contribution in [-0.4, -0.2) is 17.1 Å². The van der Waals surface area contributed by atoms with E-state index < -0.39 is 12.0 Å². The van der Waals surface area contributed by atoms with Crippen LogP contribution in [0.25, 0.3) is 0 Å². The third-order valence-corrected chi connectivity index (χ3v) is 1.33. The van der Waals surface area contributed by atoms with Crippen molar-refractivity contribution in [3.05, 3.63) is 17.0 Å². The van der Waals surface area contributed by atoms with Gasteiger partial charge in [0.05, 0.1) is 7.11 Å². The average Bonchev–Trinajstić information content (AvgIpc) is 2.01. The number of alkyl halides is 3. The second-order valence-electron chi connectivity index (χ2n) is 2.05. The minimum atomic E-state index is -4.61. The maximum Gasteiger partial charge on any atom is 0.451 e. The molecule has 0 unspecified atom stereocenters. The molecule has 0 saturated carbocycles. The van der Waals surface area contributed by atoms with E-state index in [9.17, 15) is 13.2 Å². The molecule has 3 nitrogen and oxygen atoms in total. The van der Waals surface area contributed by atoms with Gasteiger partial charge in [-0.3, -0.25) is 0 Å². The van der Waals surface area contributed by atoms with Crippen molar-refractivity contribution in [2.45, 2.75) is 6.18 Å². The summed E-state index contributed by atoms with van der Waals surface area (Å²) in [4.78, 5) is 6.08. The lowest BCUT2D eigenvalue weighted by Crippen LogP contribution is -2.11. The second kappa shape index (κ2) is 3.37. The molecule has 0 aliphatic heterocycles. The second-order valence-corrected chi connectivity index (χ2v) is 2.44. The Morgan fingerprint density at radius 2 is 2.00 bits per heavy atom. The summed E-state index contributed by atoms with van der Waals surface area (Å²) in [6.07, 6.45) is -4.61. The number of hydrogen-bond donors (Lipinski definition) is 0. The first-order valence-corrected chi connectivity index (χ1v) is 3.47. The van der Waals surface area contributed by atoms with Crippen molar-refractivity contribution >= 4 is 11.6 Å². The highest BCUT2D eigenvalue weighted by Crippen LogP contribution is 2.28. The minimum Gasteiger partial charge on any atom is -0.481 e. The third kappa shape index (κ3) is 2.45. The van der Waals surface area contributed by atoms with Crippen LogP contribution in [0.1, 0.15) is 5.82 Å². The molecule has 1 aromatic heterocycles. The van der Waals surface area contributed by atoms with Gasteiger partial charge < -0.3 is 4.74 Å². The van der Waals surface area contributed by atoms with Gasteiger partial charge in [0.2, 0.25) is 11.7 Å². The van der Waals surface area contributed by atoms with Crippen LogP contribution in [0.15, 0.2) is 6.07 Å².